The lowest BCUT2D eigenvalue weighted by atomic mass is 9.95. The van der Waals surface area contributed by atoms with Crippen LogP contribution in [0.5, 0.6) is 0 Å². The Morgan fingerprint density at radius 1 is 1.24 bits per heavy atom. The number of hydrogen-bond donors (Lipinski definition) is 1. The highest BCUT2D eigenvalue weighted by Gasteiger charge is 2.26. The van der Waals surface area contributed by atoms with Crippen molar-refractivity contribution in [2.75, 3.05) is 17.3 Å². The van der Waals surface area contributed by atoms with Gasteiger partial charge in [0, 0.05) is 11.4 Å². The molecule has 0 bridgehead atoms. The maximum Gasteiger partial charge on any atom is 0.235 e. The molecule has 1 aromatic carbocycles. The van der Waals surface area contributed by atoms with E-state index in [0.717, 1.165) is 51.3 Å². The monoisotopic (exact) mass is 441 g/mol. The Morgan fingerprint density at radius 3 is 2.72 bits per heavy atom. The zero-order chi connectivity index (χ0) is 20.2. The number of carbonyl (C=O) groups excluding carboxylic acids is 1. The van der Waals surface area contributed by atoms with Crippen LogP contribution in [0.25, 0.3) is 5.69 Å². The lowest BCUT2D eigenvalue weighted by Gasteiger charge is -2.17. The fourth-order valence-corrected chi connectivity index (χ4v) is 5.77. The predicted molar refractivity (Wildman–Crippen MR) is 118 cm³/mol. The van der Waals surface area contributed by atoms with Gasteiger partial charge in [0.2, 0.25) is 5.91 Å². The number of thioether (sulfide) groups is 2. The number of fused-ring (bicyclic) bond motifs is 1. The Bertz CT molecular complexity index is 1070. The van der Waals surface area contributed by atoms with E-state index < -0.39 is 0 Å². The van der Waals surface area contributed by atoms with Crippen molar-refractivity contribution in [1.82, 2.24) is 14.8 Å². The van der Waals surface area contributed by atoms with Crippen LogP contribution in [0, 0.1) is 11.3 Å². The van der Waals surface area contributed by atoms with Gasteiger partial charge in [-0.25, -0.2) is 0 Å². The molecule has 2 heterocycles. The third-order valence-electron chi connectivity index (χ3n) is 4.74. The van der Waals surface area contributed by atoms with Crippen LogP contribution in [0.2, 0.25) is 0 Å². The second kappa shape index (κ2) is 9.03. The molecule has 1 amide bonds. The number of anilines is 1. The molecule has 29 heavy (non-hydrogen) atoms. The van der Waals surface area contributed by atoms with Gasteiger partial charge in [0.15, 0.2) is 8.68 Å². The minimum absolute atomic E-state index is 0.153. The zero-order valence-electron chi connectivity index (χ0n) is 15.8. The summed E-state index contributed by atoms with van der Waals surface area (Å²) < 4.78 is 3.69. The number of carbonyl (C=O) groups is 1. The van der Waals surface area contributed by atoms with Crippen molar-refractivity contribution in [3.63, 3.8) is 0 Å². The molecule has 2 aromatic heterocycles. The van der Waals surface area contributed by atoms with Gasteiger partial charge in [0.25, 0.3) is 0 Å². The molecule has 1 N–H and O–H groups in total. The molecule has 6 nitrogen and oxygen atoms in total. The molecule has 0 spiro atoms. The molecule has 9 heteroatoms. The van der Waals surface area contributed by atoms with E-state index >= 15 is 0 Å². The van der Waals surface area contributed by atoms with Crippen LogP contribution < -0.4 is 5.32 Å². The quantitative estimate of drug-likeness (QED) is 0.566. The van der Waals surface area contributed by atoms with E-state index in [2.05, 4.69) is 21.6 Å². The van der Waals surface area contributed by atoms with E-state index in [1.165, 1.54) is 34.9 Å². The summed E-state index contributed by atoms with van der Waals surface area (Å²) in [5.41, 5.74) is 3.75. The summed E-state index contributed by atoms with van der Waals surface area (Å²) in [6.07, 6.45) is 5.89. The Morgan fingerprint density at radius 2 is 2.00 bits per heavy atom. The number of nitriles is 1. The largest absolute Gasteiger partial charge is 0.310 e. The van der Waals surface area contributed by atoms with Gasteiger partial charge in [-0.2, -0.15) is 5.26 Å². The van der Waals surface area contributed by atoms with Crippen LogP contribution in [0.4, 0.5) is 5.82 Å². The molecule has 0 atom stereocenters. The highest BCUT2D eigenvalue weighted by Crippen LogP contribution is 2.36. The molecule has 1 aliphatic carbocycles. The number of benzene rings is 1. The maximum atomic E-state index is 12.7. The van der Waals surface area contributed by atoms with Crippen molar-refractivity contribution in [1.29, 1.82) is 5.26 Å². The molecular formula is C20H19N5OS3. The Hall–Kier alpha value is -2.28. The fraction of sp³-hybridized carbons (Fsp3) is 0.300. The first kappa shape index (κ1) is 20.0. The smallest absolute Gasteiger partial charge is 0.235 e. The summed E-state index contributed by atoms with van der Waals surface area (Å²) in [4.78, 5) is 12.7. The molecular weight excluding hydrogens is 422 g/mol. The van der Waals surface area contributed by atoms with E-state index in [-0.39, 0.29) is 11.7 Å². The van der Waals surface area contributed by atoms with E-state index in [1.54, 1.807) is 0 Å². The second-order valence-electron chi connectivity index (χ2n) is 6.51. The average Bonchev–Trinajstić information content (AvgIpc) is 3.34. The second-order valence-corrected chi connectivity index (χ2v) is 9.77. The zero-order valence-corrected chi connectivity index (χ0v) is 18.3. The van der Waals surface area contributed by atoms with Gasteiger partial charge in [0.05, 0.1) is 11.3 Å². The predicted octanol–water partition coefficient (Wildman–Crippen LogP) is 4.53. The van der Waals surface area contributed by atoms with Crippen molar-refractivity contribution in [2.24, 2.45) is 0 Å². The van der Waals surface area contributed by atoms with Crippen LogP contribution in [-0.2, 0) is 17.6 Å². The molecule has 0 radical (unpaired) electrons. The number of nitrogens with zero attached hydrogens (tertiary/aromatic N) is 4. The molecule has 4 rings (SSSR count). The molecule has 3 aromatic rings. The van der Waals surface area contributed by atoms with E-state index in [4.69, 9.17) is 0 Å². The number of nitrogens with one attached hydrogen (secondary N) is 1. The summed E-state index contributed by atoms with van der Waals surface area (Å²) in [5.74, 6) is 0.649. The topological polar surface area (TPSA) is 83.6 Å². The summed E-state index contributed by atoms with van der Waals surface area (Å²) in [7, 11) is 0. The third-order valence-corrected chi connectivity index (χ3v) is 7.78. The van der Waals surface area contributed by atoms with Crippen molar-refractivity contribution >= 4 is 46.6 Å². The molecule has 0 saturated heterocycles. The molecule has 0 aliphatic heterocycles. The SMILES string of the molecule is CSc1nnc(SCC(=O)Nc2c(C#N)c3c(n2-c2ccccc2)CCCC3)s1. The first-order valence-corrected chi connectivity index (χ1v) is 12.3. The molecule has 0 unspecified atom stereocenters. The summed E-state index contributed by atoms with van der Waals surface area (Å²) >= 11 is 4.38. The third kappa shape index (κ3) is 4.20. The van der Waals surface area contributed by atoms with Gasteiger partial charge in [-0.05, 0) is 49.6 Å². The van der Waals surface area contributed by atoms with E-state index in [0.29, 0.717) is 11.4 Å². The van der Waals surface area contributed by atoms with Crippen LogP contribution in [0.1, 0.15) is 29.7 Å². The first-order valence-electron chi connectivity index (χ1n) is 9.23. The maximum absolute atomic E-state index is 12.7. The molecule has 1 aliphatic rings. The van der Waals surface area contributed by atoms with Gasteiger partial charge in [-0.15, -0.1) is 10.2 Å². The van der Waals surface area contributed by atoms with Crippen molar-refractivity contribution in [3.8, 4) is 11.8 Å². The number of amides is 1. The van der Waals surface area contributed by atoms with Crippen LogP contribution in [0.3, 0.4) is 0 Å². The molecule has 0 saturated carbocycles. The number of rotatable bonds is 6. The van der Waals surface area contributed by atoms with E-state index in [1.807, 2.05) is 41.2 Å². The highest BCUT2D eigenvalue weighted by atomic mass is 32.2. The first-order chi connectivity index (χ1) is 14.2. The van der Waals surface area contributed by atoms with E-state index in [9.17, 15) is 10.1 Å². The molecule has 148 valence electrons. The lowest BCUT2D eigenvalue weighted by molar-refractivity contribution is -0.113. The summed E-state index contributed by atoms with van der Waals surface area (Å²) in [5, 5.41) is 21.0. The van der Waals surface area contributed by atoms with Gasteiger partial charge in [0.1, 0.15) is 11.9 Å². The van der Waals surface area contributed by atoms with Gasteiger partial charge < -0.3 is 5.32 Å². The van der Waals surface area contributed by atoms with Gasteiger partial charge in [-0.1, -0.05) is 53.1 Å². The van der Waals surface area contributed by atoms with Crippen molar-refractivity contribution in [2.45, 2.75) is 34.4 Å². The highest BCUT2D eigenvalue weighted by molar-refractivity contribution is 8.03. The number of para-hydroxylation sites is 1. The van der Waals surface area contributed by atoms with Crippen LogP contribution >= 0.6 is 34.9 Å². The van der Waals surface area contributed by atoms with Crippen LogP contribution in [0.15, 0.2) is 39.0 Å². The van der Waals surface area contributed by atoms with Gasteiger partial charge in [-0.3, -0.25) is 9.36 Å². The lowest BCUT2D eigenvalue weighted by Crippen LogP contribution is -2.18. The van der Waals surface area contributed by atoms with Crippen molar-refractivity contribution < 1.29 is 4.79 Å². The summed E-state index contributed by atoms with van der Waals surface area (Å²) in [6, 6.07) is 12.3. The Labute approximate surface area is 181 Å². The van der Waals surface area contributed by atoms with Gasteiger partial charge >= 0.3 is 0 Å². The number of hydrogen-bond acceptors (Lipinski definition) is 7. The fourth-order valence-electron chi connectivity index (χ4n) is 3.53. The number of aromatic nitrogens is 3. The Balaban J connectivity index is 1.63. The standard InChI is InChI=1S/C20H19N5OS3/c1-27-19-23-24-20(29-19)28-12-17(26)22-18-15(11-21)14-9-5-6-10-16(14)25(18)13-7-3-2-4-8-13/h2-4,7-8H,5-6,9-10,12H2,1H3,(H,22,26). The summed E-state index contributed by atoms with van der Waals surface area (Å²) in [6.45, 7) is 0. The Kier molecular flexibility index (Phi) is 6.23. The van der Waals surface area contributed by atoms with Crippen molar-refractivity contribution in [3.05, 3.63) is 47.2 Å². The minimum atomic E-state index is -0.153. The average molecular weight is 442 g/mol. The normalized spacial score (nSPS) is 13.0. The molecule has 0 fully saturated rings. The van der Waals surface area contributed by atoms with Crippen LogP contribution in [-0.4, -0.2) is 32.7 Å². The minimum Gasteiger partial charge on any atom is -0.310 e.